The van der Waals surface area contributed by atoms with Crippen LogP contribution in [-0.2, 0) is 13.1 Å². The maximum Gasteiger partial charge on any atom is 0.293 e. The van der Waals surface area contributed by atoms with Crippen molar-refractivity contribution in [2.75, 3.05) is 46.1 Å². The van der Waals surface area contributed by atoms with Crippen molar-refractivity contribution in [2.24, 2.45) is 5.10 Å². The summed E-state index contributed by atoms with van der Waals surface area (Å²) in [5.74, 6) is 0.376. The van der Waals surface area contributed by atoms with Crippen molar-refractivity contribution >= 4 is 29.0 Å². The molecule has 5 aromatic rings. The number of nitrogens with zero attached hydrogens (tertiary/aromatic N) is 11. The fourth-order valence-corrected chi connectivity index (χ4v) is 4.76. The van der Waals surface area contributed by atoms with Crippen molar-refractivity contribution in [3.63, 3.8) is 0 Å². The number of hydrogen-bond donors (Lipinski definition) is 2. The molecular weight excluding hydrogens is 542 g/mol. The van der Waals surface area contributed by atoms with Crippen LogP contribution in [-0.4, -0.2) is 103 Å². The van der Waals surface area contributed by atoms with Gasteiger partial charge in [-0.25, -0.2) is 14.7 Å². The number of hydrogen-bond acceptors (Lipinski definition) is 13. The normalized spacial score (nSPS) is 14.6. The van der Waals surface area contributed by atoms with E-state index in [2.05, 4.69) is 58.3 Å². The maximum absolute atomic E-state index is 13.2. The number of rotatable bonds is 9. The fraction of sp³-hybridized carbons (Fsp3) is 0.308. The van der Waals surface area contributed by atoms with Gasteiger partial charge in [0.25, 0.3) is 5.91 Å². The molecule has 0 unspecified atom stereocenters. The van der Waals surface area contributed by atoms with E-state index >= 15 is 0 Å². The zero-order valence-electron chi connectivity index (χ0n) is 23.1. The molecule has 1 saturated heterocycles. The van der Waals surface area contributed by atoms with Gasteiger partial charge in [0.2, 0.25) is 11.6 Å². The van der Waals surface area contributed by atoms with Gasteiger partial charge in [-0.3, -0.25) is 9.69 Å². The summed E-state index contributed by atoms with van der Waals surface area (Å²) < 4.78 is 13.5. The number of methoxy groups -OCH3 is 1. The molecule has 3 aromatic heterocycles. The first kappa shape index (κ1) is 27.0. The Morgan fingerprint density at radius 1 is 1.10 bits per heavy atom. The number of carbonyl (C=O) groups excluding carboxylic acids is 1. The number of fused-ring (bicyclic) bond motifs is 1. The number of piperazine rings is 1. The van der Waals surface area contributed by atoms with Crippen molar-refractivity contribution in [3.8, 4) is 11.6 Å². The SMILES string of the molecule is COc1ccc(C=NNC(=O)c2nnn(-c3nonc3N)c2CN2CCN(C)CC2)cc1Cn1nnc2ccccc21. The monoisotopic (exact) mass is 571 g/mol. The number of nitrogens with one attached hydrogen (secondary N) is 1. The van der Waals surface area contributed by atoms with Crippen LogP contribution < -0.4 is 15.9 Å². The number of amides is 1. The maximum atomic E-state index is 13.2. The van der Waals surface area contributed by atoms with Crippen LogP contribution in [0.4, 0.5) is 5.82 Å². The molecule has 0 aliphatic carbocycles. The molecule has 1 aliphatic heterocycles. The van der Waals surface area contributed by atoms with Crippen LogP contribution in [0.15, 0.2) is 52.2 Å². The number of carbonyl (C=O) groups is 1. The standard InChI is InChI=1S/C26H29N13O3/c1-36-9-11-37(12-10-36)16-21-23(30-35-39(21)25-24(27)32-42-33-25)26(40)31-28-14-17-7-8-22(41-2)18(13-17)15-38-20-6-4-3-5-19(20)29-34-38/h3-8,13-14H,9-12,15-16H2,1-2H3,(H2,27,32)(H,31,40). The van der Waals surface area contributed by atoms with Crippen molar-refractivity contribution in [1.29, 1.82) is 0 Å². The van der Waals surface area contributed by atoms with E-state index in [9.17, 15) is 4.79 Å². The minimum absolute atomic E-state index is 0.0405. The summed E-state index contributed by atoms with van der Waals surface area (Å²) in [4.78, 5) is 17.7. The highest BCUT2D eigenvalue weighted by atomic mass is 16.6. The quantitative estimate of drug-likeness (QED) is 0.185. The molecule has 6 rings (SSSR count). The molecule has 3 N–H and O–H groups in total. The van der Waals surface area contributed by atoms with Crippen LogP contribution in [0.3, 0.4) is 0 Å². The summed E-state index contributed by atoms with van der Waals surface area (Å²) in [6.07, 6.45) is 1.55. The summed E-state index contributed by atoms with van der Waals surface area (Å²) in [7, 11) is 3.69. The first-order valence-corrected chi connectivity index (χ1v) is 13.2. The minimum atomic E-state index is -0.528. The Morgan fingerprint density at radius 3 is 2.71 bits per heavy atom. The Bertz CT molecular complexity index is 1730. The van der Waals surface area contributed by atoms with Gasteiger partial charge < -0.3 is 15.4 Å². The number of benzene rings is 2. The van der Waals surface area contributed by atoms with Crippen molar-refractivity contribution in [3.05, 3.63) is 65.0 Å². The topological polar surface area (TPSA) is 184 Å². The zero-order valence-corrected chi connectivity index (χ0v) is 23.1. The number of hydrazone groups is 1. The highest BCUT2D eigenvalue weighted by Gasteiger charge is 2.26. The van der Waals surface area contributed by atoms with E-state index in [1.165, 1.54) is 4.68 Å². The molecule has 216 valence electrons. The lowest BCUT2D eigenvalue weighted by molar-refractivity contribution is 0.0946. The summed E-state index contributed by atoms with van der Waals surface area (Å²) in [6.45, 7) is 4.28. The summed E-state index contributed by atoms with van der Waals surface area (Å²) in [6, 6.07) is 13.3. The molecular formula is C26H29N13O3. The third-order valence-corrected chi connectivity index (χ3v) is 7.07. The third-order valence-electron chi connectivity index (χ3n) is 7.07. The largest absolute Gasteiger partial charge is 0.496 e. The molecule has 16 heteroatoms. The molecule has 1 amide bonds. The van der Waals surface area contributed by atoms with Crippen LogP contribution in [0.2, 0.25) is 0 Å². The average Bonchev–Trinajstić information content (AvgIpc) is 3.73. The highest BCUT2D eigenvalue weighted by molar-refractivity contribution is 5.94. The number of ether oxygens (including phenoxy) is 1. The highest BCUT2D eigenvalue weighted by Crippen LogP contribution is 2.22. The molecule has 0 atom stereocenters. The van der Waals surface area contributed by atoms with Gasteiger partial charge in [-0.15, -0.1) is 10.2 Å². The second-order valence-electron chi connectivity index (χ2n) is 9.86. The molecule has 0 bridgehead atoms. The predicted molar refractivity (Wildman–Crippen MR) is 151 cm³/mol. The van der Waals surface area contributed by atoms with Crippen LogP contribution >= 0.6 is 0 Å². The second-order valence-corrected chi connectivity index (χ2v) is 9.86. The molecule has 1 fully saturated rings. The van der Waals surface area contributed by atoms with Crippen LogP contribution in [0, 0.1) is 0 Å². The Hall–Kier alpha value is -5.22. The molecule has 1 aliphatic rings. The van der Waals surface area contributed by atoms with E-state index in [0.29, 0.717) is 24.5 Å². The molecule has 4 heterocycles. The number of nitrogens with two attached hydrogens (primary N) is 1. The van der Waals surface area contributed by atoms with E-state index in [0.717, 1.165) is 48.3 Å². The molecule has 0 saturated carbocycles. The first-order chi connectivity index (χ1) is 20.5. The summed E-state index contributed by atoms with van der Waals surface area (Å²) in [5, 5.41) is 28.4. The van der Waals surface area contributed by atoms with E-state index in [1.54, 1.807) is 18.0 Å². The Balaban J connectivity index is 1.20. The Labute approximate surface area is 239 Å². The van der Waals surface area contributed by atoms with Crippen LogP contribution in [0.5, 0.6) is 5.75 Å². The number of para-hydroxylation sites is 1. The van der Waals surface area contributed by atoms with Gasteiger partial charge in [0.05, 0.1) is 31.1 Å². The minimum Gasteiger partial charge on any atom is -0.496 e. The third kappa shape index (κ3) is 5.52. The summed E-state index contributed by atoms with van der Waals surface area (Å²) >= 11 is 0. The van der Waals surface area contributed by atoms with Crippen molar-refractivity contribution in [2.45, 2.75) is 13.1 Å². The van der Waals surface area contributed by atoms with E-state index in [4.69, 9.17) is 15.1 Å². The zero-order chi connectivity index (χ0) is 29.1. The second kappa shape index (κ2) is 11.7. The molecule has 2 aromatic carbocycles. The van der Waals surface area contributed by atoms with Gasteiger partial charge in [0.1, 0.15) is 11.3 Å². The lowest BCUT2D eigenvalue weighted by atomic mass is 10.1. The van der Waals surface area contributed by atoms with Crippen molar-refractivity contribution in [1.82, 2.24) is 55.5 Å². The number of nitrogen functional groups attached to an aromatic ring is 1. The van der Waals surface area contributed by atoms with E-state index in [-0.39, 0.29) is 17.3 Å². The van der Waals surface area contributed by atoms with Gasteiger partial charge in [0.15, 0.2) is 5.69 Å². The molecule has 0 radical (unpaired) electrons. The van der Waals surface area contributed by atoms with Gasteiger partial charge in [-0.2, -0.15) is 9.78 Å². The van der Waals surface area contributed by atoms with E-state index < -0.39 is 5.91 Å². The molecule has 0 spiro atoms. The average molecular weight is 572 g/mol. The molecule has 16 nitrogen and oxygen atoms in total. The first-order valence-electron chi connectivity index (χ1n) is 13.2. The van der Waals surface area contributed by atoms with Gasteiger partial charge in [-0.05, 0) is 53.3 Å². The Kier molecular flexibility index (Phi) is 7.52. The van der Waals surface area contributed by atoms with Crippen LogP contribution in [0.25, 0.3) is 16.9 Å². The fourth-order valence-electron chi connectivity index (χ4n) is 4.76. The number of aromatic nitrogens is 8. The van der Waals surface area contributed by atoms with Gasteiger partial charge in [-0.1, -0.05) is 22.6 Å². The number of anilines is 1. The lowest BCUT2D eigenvalue weighted by Crippen LogP contribution is -2.44. The van der Waals surface area contributed by atoms with Crippen LogP contribution in [0.1, 0.15) is 27.3 Å². The molecule has 42 heavy (non-hydrogen) atoms. The van der Waals surface area contributed by atoms with Crippen molar-refractivity contribution < 1.29 is 14.2 Å². The van der Waals surface area contributed by atoms with Gasteiger partial charge >= 0.3 is 0 Å². The lowest BCUT2D eigenvalue weighted by Gasteiger charge is -2.32. The van der Waals surface area contributed by atoms with Gasteiger partial charge in [0, 0.05) is 38.3 Å². The van der Waals surface area contributed by atoms with E-state index in [1.807, 2.05) is 42.5 Å². The predicted octanol–water partition coefficient (Wildman–Crippen LogP) is 0.545. The summed E-state index contributed by atoms with van der Waals surface area (Å²) in [5.41, 5.74) is 12.4. The number of likely N-dealkylation sites (N-methyl/N-ethyl adjacent to an activating group) is 1. The smallest absolute Gasteiger partial charge is 0.293 e. The Morgan fingerprint density at radius 2 is 1.93 bits per heavy atom.